The molecule has 0 aromatic heterocycles. The molecule has 1 heterocycles. The molecule has 0 radical (unpaired) electrons. The Bertz CT molecular complexity index is 206. The van der Waals surface area contributed by atoms with Gasteiger partial charge in [0.15, 0.2) is 0 Å². The Balaban J connectivity index is 1.55. The van der Waals surface area contributed by atoms with Gasteiger partial charge in [-0.1, -0.05) is 6.92 Å². The maximum Gasteiger partial charge on any atom is 0.0593 e. The minimum atomic E-state index is 0.712. The van der Waals surface area contributed by atoms with Crippen molar-refractivity contribution in [3.8, 4) is 0 Å². The smallest absolute Gasteiger partial charge is 0.0593 e. The van der Waals surface area contributed by atoms with E-state index in [1.54, 1.807) is 0 Å². The lowest BCUT2D eigenvalue weighted by atomic mass is 9.94. The highest BCUT2D eigenvalue weighted by Gasteiger charge is 2.25. The second-order valence-electron chi connectivity index (χ2n) is 5.48. The SMILES string of the molecule is CNC1CCN(CCOCC2CC2)CC1C. The van der Waals surface area contributed by atoms with Crippen molar-refractivity contribution in [3.63, 3.8) is 0 Å². The summed E-state index contributed by atoms with van der Waals surface area (Å²) in [5, 5.41) is 3.41. The Morgan fingerprint density at radius 2 is 2.12 bits per heavy atom. The summed E-state index contributed by atoms with van der Waals surface area (Å²) in [6.45, 7) is 7.84. The van der Waals surface area contributed by atoms with E-state index in [9.17, 15) is 0 Å². The van der Waals surface area contributed by atoms with Crippen LogP contribution in [-0.2, 0) is 4.74 Å². The molecule has 0 aromatic rings. The lowest BCUT2D eigenvalue weighted by Crippen LogP contribution is -2.47. The van der Waals surface area contributed by atoms with Gasteiger partial charge in [-0.15, -0.1) is 0 Å². The Kier molecular flexibility index (Phi) is 4.62. The maximum absolute atomic E-state index is 5.69. The number of nitrogens with zero attached hydrogens (tertiary/aromatic N) is 1. The van der Waals surface area contributed by atoms with Crippen LogP contribution in [0.3, 0.4) is 0 Å². The van der Waals surface area contributed by atoms with Gasteiger partial charge in [-0.3, -0.25) is 0 Å². The summed E-state index contributed by atoms with van der Waals surface area (Å²) in [5.74, 6) is 1.66. The molecule has 2 unspecified atom stereocenters. The van der Waals surface area contributed by atoms with Crippen LogP contribution in [0, 0.1) is 11.8 Å². The molecular formula is C13H26N2O. The summed E-state index contributed by atoms with van der Waals surface area (Å²) in [5.41, 5.74) is 0. The number of hydrogen-bond donors (Lipinski definition) is 1. The molecule has 1 aliphatic carbocycles. The van der Waals surface area contributed by atoms with Crippen molar-refractivity contribution in [3.05, 3.63) is 0 Å². The first-order valence-corrected chi connectivity index (χ1v) is 6.77. The van der Waals surface area contributed by atoms with Crippen LogP contribution in [0.2, 0.25) is 0 Å². The summed E-state index contributed by atoms with van der Waals surface area (Å²) in [4.78, 5) is 2.55. The van der Waals surface area contributed by atoms with E-state index in [0.29, 0.717) is 6.04 Å². The van der Waals surface area contributed by atoms with E-state index in [-0.39, 0.29) is 0 Å². The van der Waals surface area contributed by atoms with Crippen LogP contribution >= 0.6 is 0 Å². The molecule has 0 bridgehead atoms. The van der Waals surface area contributed by atoms with Gasteiger partial charge in [-0.05, 0) is 44.7 Å². The van der Waals surface area contributed by atoms with Crippen LogP contribution in [0.25, 0.3) is 0 Å². The highest BCUT2D eigenvalue weighted by Crippen LogP contribution is 2.28. The van der Waals surface area contributed by atoms with Crippen LogP contribution in [0.1, 0.15) is 26.2 Å². The van der Waals surface area contributed by atoms with Crippen molar-refractivity contribution in [2.24, 2.45) is 11.8 Å². The van der Waals surface area contributed by atoms with Gasteiger partial charge in [0.25, 0.3) is 0 Å². The van der Waals surface area contributed by atoms with Gasteiger partial charge in [-0.2, -0.15) is 0 Å². The highest BCUT2D eigenvalue weighted by molar-refractivity contribution is 4.81. The van der Waals surface area contributed by atoms with Crippen molar-refractivity contribution < 1.29 is 4.74 Å². The Labute approximate surface area is 99.5 Å². The van der Waals surface area contributed by atoms with E-state index in [2.05, 4.69) is 24.2 Å². The Morgan fingerprint density at radius 3 is 2.75 bits per heavy atom. The summed E-state index contributed by atoms with van der Waals surface area (Å²) >= 11 is 0. The lowest BCUT2D eigenvalue weighted by molar-refractivity contribution is 0.0741. The minimum absolute atomic E-state index is 0.712. The van der Waals surface area contributed by atoms with Crippen LogP contribution in [0.5, 0.6) is 0 Å². The van der Waals surface area contributed by atoms with E-state index >= 15 is 0 Å². The van der Waals surface area contributed by atoms with E-state index < -0.39 is 0 Å². The zero-order chi connectivity index (χ0) is 11.4. The number of ether oxygens (including phenoxy) is 1. The normalized spacial score (nSPS) is 31.9. The number of piperidine rings is 1. The van der Waals surface area contributed by atoms with Crippen molar-refractivity contribution in [2.75, 3.05) is 39.9 Å². The van der Waals surface area contributed by atoms with Crippen molar-refractivity contribution in [2.45, 2.75) is 32.2 Å². The standard InChI is InChI=1S/C13H26N2O/c1-11-9-15(6-5-13(11)14-2)7-8-16-10-12-3-4-12/h11-14H,3-10H2,1-2H3. The predicted octanol–water partition coefficient (Wildman–Crippen LogP) is 1.34. The van der Waals surface area contributed by atoms with Crippen LogP contribution < -0.4 is 5.32 Å². The molecule has 94 valence electrons. The van der Waals surface area contributed by atoms with Gasteiger partial charge in [-0.25, -0.2) is 0 Å². The average Bonchev–Trinajstić information content (AvgIpc) is 3.08. The fourth-order valence-electron chi connectivity index (χ4n) is 2.59. The van der Waals surface area contributed by atoms with Crippen molar-refractivity contribution in [1.82, 2.24) is 10.2 Å². The highest BCUT2D eigenvalue weighted by atomic mass is 16.5. The zero-order valence-corrected chi connectivity index (χ0v) is 10.7. The quantitative estimate of drug-likeness (QED) is 0.692. The topological polar surface area (TPSA) is 24.5 Å². The molecule has 0 aromatic carbocycles. The molecule has 16 heavy (non-hydrogen) atoms. The Morgan fingerprint density at radius 1 is 1.31 bits per heavy atom. The monoisotopic (exact) mass is 226 g/mol. The van der Waals surface area contributed by atoms with E-state index in [4.69, 9.17) is 4.74 Å². The fourth-order valence-corrected chi connectivity index (χ4v) is 2.59. The van der Waals surface area contributed by atoms with Gasteiger partial charge < -0.3 is 15.0 Å². The van der Waals surface area contributed by atoms with Crippen molar-refractivity contribution in [1.29, 1.82) is 0 Å². The van der Waals surface area contributed by atoms with E-state index in [0.717, 1.165) is 31.6 Å². The molecule has 1 N–H and O–H groups in total. The van der Waals surface area contributed by atoms with Crippen molar-refractivity contribution >= 4 is 0 Å². The van der Waals surface area contributed by atoms with Gasteiger partial charge in [0, 0.05) is 25.7 Å². The van der Waals surface area contributed by atoms with Gasteiger partial charge in [0.05, 0.1) is 6.61 Å². The zero-order valence-electron chi connectivity index (χ0n) is 10.7. The molecule has 2 rings (SSSR count). The first-order valence-electron chi connectivity index (χ1n) is 6.77. The summed E-state index contributed by atoms with van der Waals surface area (Å²) < 4.78 is 5.69. The van der Waals surface area contributed by atoms with E-state index in [1.165, 1.54) is 32.4 Å². The molecule has 3 nitrogen and oxygen atoms in total. The second kappa shape index (κ2) is 5.99. The summed E-state index contributed by atoms with van der Waals surface area (Å²) in [6.07, 6.45) is 4.06. The number of nitrogens with one attached hydrogen (secondary N) is 1. The summed E-state index contributed by atoms with van der Waals surface area (Å²) in [7, 11) is 2.08. The molecule has 1 saturated carbocycles. The van der Waals surface area contributed by atoms with Gasteiger partial charge in [0.2, 0.25) is 0 Å². The molecule has 3 heteroatoms. The summed E-state index contributed by atoms with van der Waals surface area (Å²) in [6, 6.07) is 0.712. The third-order valence-corrected chi connectivity index (χ3v) is 3.96. The molecule has 0 spiro atoms. The third-order valence-electron chi connectivity index (χ3n) is 3.96. The molecule has 1 saturated heterocycles. The average molecular weight is 226 g/mol. The van der Waals surface area contributed by atoms with Gasteiger partial charge in [0.1, 0.15) is 0 Å². The third kappa shape index (κ3) is 3.72. The maximum atomic E-state index is 5.69. The molecule has 1 aliphatic heterocycles. The van der Waals surface area contributed by atoms with Gasteiger partial charge >= 0.3 is 0 Å². The molecule has 2 fully saturated rings. The Hall–Kier alpha value is -0.120. The van der Waals surface area contributed by atoms with E-state index in [1.807, 2.05) is 0 Å². The fraction of sp³-hybridized carbons (Fsp3) is 1.00. The minimum Gasteiger partial charge on any atom is -0.380 e. The lowest BCUT2D eigenvalue weighted by Gasteiger charge is -2.36. The van der Waals surface area contributed by atoms with Crippen LogP contribution in [0.15, 0.2) is 0 Å². The molecule has 0 amide bonds. The first-order chi connectivity index (χ1) is 7.79. The number of hydrogen-bond acceptors (Lipinski definition) is 3. The van der Waals surface area contributed by atoms with Crippen LogP contribution in [-0.4, -0.2) is 50.8 Å². The number of rotatable bonds is 6. The number of likely N-dealkylation sites (tertiary alicyclic amines) is 1. The molecular weight excluding hydrogens is 200 g/mol. The first kappa shape index (κ1) is 12.3. The second-order valence-corrected chi connectivity index (χ2v) is 5.48. The molecule has 2 aliphatic rings. The van der Waals surface area contributed by atoms with Crippen LogP contribution in [0.4, 0.5) is 0 Å². The molecule has 2 atom stereocenters. The predicted molar refractivity (Wildman–Crippen MR) is 66.6 cm³/mol. The largest absolute Gasteiger partial charge is 0.380 e.